The fourth-order valence-corrected chi connectivity index (χ4v) is 4.53. The summed E-state index contributed by atoms with van der Waals surface area (Å²) in [5.41, 5.74) is 2.27. The first kappa shape index (κ1) is 17.5. The Hall–Kier alpha value is -1.86. The summed E-state index contributed by atoms with van der Waals surface area (Å²) in [7, 11) is 0. The molecular formula is C18H20ClN5OS. The van der Waals surface area contributed by atoms with Crippen molar-refractivity contribution >= 4 is 51.3 Å². The van der Waals surface area contributed by atoms with Crippen LogP contribution in [-0.4, -0.2) is 48.8 Å². The van der Waals surface area contributed by atoms with Gasteiger partial charge in [0.25, 0.3) is 0 Å². The summed E-state index contributed by atoms with van der Waals surface area (Å²) in [6.45, 7) is 4.25. The van der Waals surface area contributed by atoms with Crippen molar-refractivity contribution in [1.82, 2.24) is 25.1 Å². The fraction of sp³-hybridized carbons (Fsp3) is 0.444. The van der Waals surface area contributed by atoms with E-state index in [1.807, 2.05) is 23.1 Å². The summed E-state index contributed by atoms with van der Waals surface area (Å²) in [4.78, 5) is 22.4. The highest BCUT2D eigenvalue weighted by Gasteiger charge is 2.28. The number of aromatic amines is 1. The van der Waals surface area contributed by atoms with E-state index in [1.165, 1.54) is 18.2 Å². The van der Waals surface area contributed by atoms with Gasteiger partial charge in [-0.15, -0.1) is 10.2 Å². The number of halogens is 1. The van der Waals surface area contributed by atoms with Crippen molar-refractivity contribution in [1.29, 1.82) is 0 Å². The van der Waals surface area contributed by atoms with Crippen molar-refractivity contribution in [3.8, 4) is 0 Å². The Labute approximate surface area is 160 Å². The van der Waals surface area contributed by atoms with Gasteiger partial charge < -0.3 is 9.88 Å². The van der Waals surface area contributed by atoms with Gasteiger partial charge in [0.2, 0.25) is 11.1 Å². The number of piperidine rings is 1. The number of aromatic nitrogens is 4. The maximum Gasteiger partial charge on any atom is 0.233 e. The van der Waals surface area contributed by atoms with Crippen LogP contribution in [0, 0.1) is 0 Å². The van der Waals surface area contributed by atoms with Crippen molar-refractivity contribution in [2.45, 2.75) is 50.4 Å². The molecule has 26 heavy (non-hydrogen) atoms. The Morgan fingerprint density at radius 1 is 1.31 bits per heavy atom. The van der Waals surface area contributed by atoms with Gasteiger partial charge >= 0.3 is 0 Å². The van der Waals surface area contributed by atoms with Gasteiger partial charge in [0, 0.05) is 28.0 Å². The van der Waals surface area contributed by atoms with Crippen LogP contribution in [0.2, 0.25) is 5.02 Å². The van der Waals surface area contributed by atoms with E-state index in [4.69, 9.17) is 11.6 Å². The smallest absolute Gasteiger partial charge is 0.233 e. The van der Waals surface area contributed by atoms with Gasteiger partial charge in [0.1, 0.15) is 5.52 Å². The van der Waals surface area contributed by atoms with Crippen LogP contribution in [0.15, 0.2) is 23.4 Å². The minimum atomic E-state index is 0.141. The number of hydrogen-bond acceptors (Lipinski definition) is 5. The molecule has 0 aliphatic carbocycles. The van der Waals surface area contributed by atoms with Gasteiger partial charge in [-0.2, -0.15) is 0 Å². The lowest BCUT2D eigenvalue weighted by Gasteiger charge is -2.39. The summed E-state index contributed by atoms with van der Waals surface area (Å²) < 4.78 is 0. The van der Waals surface area contributed by atoms with Crippen LogP contribution in [0.5, 0.6) is 0 Å². The number of nitrogens with zero attached hydrogens (tertiary/aromatic N) is 4. The molecule has 1 aromatic carbocycles. The Bertz CT molecular complexity index is 965. The molecule has 136 valence electrons. The lowest BCUT2D eigenvalue weighted by Crippen LogP contribution is -2.48. The maximum atomic E-state index is 12.6. The number of nitrogens with one attached hydrogen (secondary N) is 1. The monoisotopic (exact) mass is 389 g/mol. The average Bonchev–Trinajstić information content (AvgIpc) is 2.97. The molecule has 4 rings (SSSR count). The molecule has 0 saturated carbocycles. The molecule has 0 unspecified atom stereocenters. The zero-order valence-electron chi connectivity index (χ0n) is 14.7. The Balaban J connectivity index is 1.52. The Morgan fingerprint density at radius 2 is 2.08 bits per heavy atom. The van der Waals surface area contributed by atoms with Crippen molar-refractivity contribution in [2.24, 2.45) is 0 Å². The van der Waals surface area contributed by atoms with E-state index in [-0.39, 0.29) is 5.91 Å². The van der Waals surface area contributed by atoms with Crippen LogP contribution in [0.25, 0.3) is 22.1 Å². The Kier molecular flexibility index (Phi) is 4.75. The predicted molar refractivity (Wildman–Crippen MR) is 105 cm³/mol. The molecule has 3 heterocycles. The third kappa shape index (κ3) is 3.25. The second kappa shape index (κ2) is 7.04. The minimum absolute atomic E-state index is 0.141. The highest BCUT2D eigenvalue weighted by molar-refractivity contribution is 7.99. The lowest BCUT2D eigenvalue weighted by molar-refractivity contribution is -0.134. The average molecular weight is 390 g/mol. The second-order valence-corrected chi connectivity index (χ2v) is 8.20. The largest absolute Gasteiger partial charge is 0.338 e. The van der Waals surface area contributed by atoms with Gasteiger partial charge in [-0.3, -0.25) is 4.79 Å². The Morgan fingerprint density at radius 3 is 2.85 bits per heavy atom. The summed E-state index contributed by atoms with van der Waals surface area (Å²) in [6, 6.07) is 6.17. The number of hydrogen-bond donors (Lipinski definition) is 1. The molecule has 0 radical (unpaired) electrons. The van der Waals surface area contributed by atoms with Crippen LogP contribution in [0.3, 0.4) is 0 Å². The molecular weight excluding hydrogens is 370 g/mol. The number of likely N-dealkylation sites (tertiary alicyclic amines) is 1. The van der Waals surface area contributed by atoms with Gasteiger partial charge in [-0.25, -0.2) is 4.98 Å². The summed E-state index contributed by atoms with van der Waals surface area (Å²) >= 11 is 7.39. The number of rotatable bonds is 3. The first-order valence-electron chi connectivity index (χ1n) is 8.78. The molecule has 0 spiro atoms. The van der Waals surface area contributed by atoms with E-state index in [1.54, 1.807) is 0 Å². The molecule has 1 aliphatic heterocycles. The summed E-state index contributed by atoms with van der Waals surface area (Å²) in [5.74, 6) is 0.468. The van der Waals surface area contributed by atoms with Crippen LogP contribution in [0.4, 0.5) is 0 Å². The SMILES string of the molecule is C[C@@H]1CCC[C@@H](C)N1C(=O)CSc1nnc2c(n1)[nH]c1ccc(Cl)cc12. The predicted octanol–water partition coefficient (Wildman–Crippen LogP) is 4.04. The van der Waals surface area contributed by atoms with Crippen LogP contribution in [-0.2, 0) is 4.79 Å². The molecule has 2 aromatic heterocycles. The zero-order chi connectivity index (χ0) is 18.3. The number of benzene rings is 1. The summed E-state index contributed by atoms with van der Waals surface area (Å²) in [6.07, 6.45) is 3.33. The molecule has 0 bridgehead atoms. The van der Waals surface area contributed by atoms with E-state index in [2.05, 4.69) is 34.0 Å². The number of amides is 1. The van der Waals surface area contributed by atoms with Crippen molar-refractivity contribution in [3.63, 3.8) is 0 Å². The van der Waals surface area contributed by atoms with E-state index in [0.29, 0.717) is 39.2 Å². The minimum Gasteiger partial charge on any atom is -0.338 e. The van der Waals surface area contributed by atoms with Crippen molar-refractivity contribution < 1.29 is 4.79 Å². The maximum absolute atomic E-state index is 12.6. The highest BCUT2D eigenvalue weighted by Crippen LogP contribution is 2.27. The topological polar surface area (TPSA) is 74.8 Å². The number of thioether (sulfide) groups is 1. The van der Waals surface area contributed by atoms with Crippen LogP contribution < -0.4 is 0 Å². The van der Waals surface area contributed by atoms with Gasteiger partial charge in [0.05, 0.1) is 5.75 Å². The van der Waals surface area contributed by atoms with E-state index in [0.717, 1.165) is 23.7 Å². The molecule has 2 atom stereocenters. The fourth-order valence-electron chi connectivity index (χ4n) is 3.70. The van der Waals surface area contributed by atoms with Gasteiger partial charge in [-0.1, -0.05) is 23.4 Å². The molecule has 1 N–H and O–H groups in total. The first-order valence-corrected chi connectivity index (χ1v) is 10.1. The van der Waals surface area contributed by atoms with Gasteiger partial charge in [0.15, 0.2) is 5.65 Å². The molecule has 3 aromatic rings. The summed E-state index contributed by atoms with van der Waals surface area (Å²) in [5, 5.41) is 10.5. The second-order valence-electron chi connectivity index (χ2n) is 6.83. The lowest BCUT2D eigenvalue weighted by atomic mass is 9.98. The number of H-pyrrole nitrogens is 1. The van der Waals surface area contributed by atoms with Crippen LogP contribution in [0.1, 0.15) is 33.1 Å². The van der Waals surface area contributed by atoms with E-state index < -0.39 is 0 Å². The quantitative estimate of drug-likeness (QED) is 0.684. The standard InChI is InChI=1S/C18H20ClN5OS/c1-10-4-3-5-11(2)24(10)15(25)9-26-18-21-17-16(22-23-18)13-8-12(19)6-7-14(13)20-17/h6-8,10-11H,3-5,9H2,1-2H3,(H,20,21,23)/t10-,11-/m1/s1. The third-order valence-electron chi connectivity index (χ3n) is 4.96. The van der Waals surface area contributed by atoms with Crippen molar-refractivity contribution in [3.05, 3.63) is 23.2 Å². The molecule has 1 fully saturated rings. The van der Waals surface area contributed by atoms with E-state index in [9.17, 15) is 4.79 Å². The number of carbonyl (C=O) groups is 1. The normalized spacial score (nSPS) is 20.8. The first-order chi connectivity index (χ1) is 12.5. The molecule has 1 aliphatic rings. The van der Waals surface area contributed by atoms with Crippen LogP contribution >= 0.6 is 23.4 Å². The molecule has 1 amide bonds. The van der Waals surface area contributed by atoms with Crippen molar-refractivity contribution in [2.75, 3.05) is 5.75 Å². The van der Waals surface area contributed by atoms with Gasteiger partial charge in [-0.05, 0) is 51.3 Å². The third-order valence-corrected chi connectivity index (χ3v) is 6.02. The van der Waals surface area contributed by atoms with E-state index >= 15 is 0 Å². The zero-order valence-corrected chi connectivity index (χ0v) is 16.3. The molecule has 6 nitrogen and oxygen atoms in total. The number of carbonyl (C=O) groups excluding carboxylic acids is 1. The molecule has 8 heteroatoms. The number of fused-ring (bicyclic) bond motifs is 3. The highest BCUT2D eigenvalue weighted by atomic mass is 35.5. The molecule has 1 saturated heterocycles.